The van der Waals surface area contributed by atoms with Crippen LogP contribution in [-0.4, -0.2) is 44.9 Å². The number of carbonyl (C=O) groups is 1. The number of amides is 1. The molecule has 2 unspecified atom stereocenters. The van der Waals surface area contributed by atoms with E-state index in [0.717, 1.165) is 30.5 Å². The largest absolute Gasteiger partial charge is 0.331 e. The van der Waals surface area contributed by atoms with Crippen LogP contribution in [0.1, 0.15) is 57.2 Å². The molecular formula is C25H35N2O6PS2. The number of aryl methyl sites for hydroxylation is 1. The first kappa shape index (κ1) is 27.5. The van der Waals surface area contributed by atoms with Crippen molar-refractivity contribution in [2.24, 2.45) is 11.8 Å². The lowest BCUT2D eigenvalue weighted by Crippen LogP contribution is -2.31. The van der Waals surface area contributed by atoms with Gasteiger partial charge in [0.1, 0.15) is 0 Å². The molecule has 2 aliphatic carbocycles. The van der Waals surface area contributed by atoms with Gasteiger partial charge < -0.3 is 14.4 Å². The van der Waals surface area contributed by atoms with E-state index >= 15 is 0 Å². The monoisotopic (exact) mass is 554 g/mol. The van der Waals surface area contributed by atoms with Crippen LogP contribution in [0, 0.1) is 11.8 Å². The van der Waals surface area contributed by atoms with Gasteiger partial charge in [0.15, 0.2) is 15.0 Å². The molecule has 11 heteroatoms. The molecule has 1 amide bonds. The Bertz CT molecular complexity index is 1210. The summed E-state index contributed by atoms with van der Waals surface area (Å²) in [5.41, 5.74) is 0.913. The lowest BCUT2D eigenvalue weighted by molar-refractivity contribution is -0.119. The second-order valence-electron chi connectivity index (χ2n) is 9.64. The summed E-state index contributed by atoms with van der Waals surface area (Å²) in [4.78, 5) is 18.5. The minimum Gasteiger partial charge on any atom is -0.309 e. The van der Waals surface area contributed by atoms with Crippen molar-refractivity contribution in [3.63, 3.8) is 0 Å². The van der Waals surface area contributed by atoms with Gasteiger partial charge >= 0.3 is 7.60 Å². The third-order valence-corrected chi connectivity index (χ3v) is 11.3. The zero-order valence-corrected chi connectivity index (χ0v) is 23.6. The van der Waals surface area contributed by atoms with Crippen molar-refractivity contribution in [3.05, 3.63) is 40.9 Å². The third kappa shape index (κ3) is 5.94. The number of hydrogen-bond acceptors (Lipinski definition) is 8. The number of benzene rings is 1. The Hall–Kier alpha value is -1.58. The van der Waals surface area contributed by atoms with Crippen molar-refractivity contribution in [3.8, 4) is 0 Å². The quantitative estimate of drug-likeness (QED) is 0.348. The number of sulfone groups is 1. The predicted octanol–water partition coefficient (Wildman–Crippen LogP) is 5.44. The maximum atomic E-state index is 13.7. The van der Waals surface area contributed by atoms with Gasteiger partial charge in [0, 0.05) is 18.1 Å². The molecule has 2 aromatic rings. The van der Waals surface area contributed by atoms with E-state index in [1.165, 1.54) is 30.4 Å². The van der Waals surface area contributed by atoms with Crippen molar-refractivity contribution >= 4 is 39.8 Å². The first-order chi connectivity index (χ1) is 17.1. The number of hydrogen-bond donors (Lipinski definition) is 1. The molecule has 2 aliphatic rings. The second-order valence-corrected chi connectivity index (χ2v) is 14.7. The van der Waals surface area contributed by atoms with Crippen molar-refractivity contribution in [1.82, 2.24) is 4.98 Å². The van der Waals surface area contributed by atoms with Gasteiger partial charge in [-0.1, -0.05) is 37.8 Å². The lowest BCUT2D eigenvalue weighted by atomic mass is 9.87. The molecule has 8 nitrogen and oxygen atoms in total. The number of carbonyl (C=O) groups excluding carboxylic acids is 1. The third-order valence-electron chi connectivity index (χ3n) is 7.25. The maximum Gasteiger partial charge on any atom is 0.331 e. The molecule has 1 heterocycles. The molecule has 4 rings (SSSR count). The van der Waals surface area contributed by atoms with E-state index in [1.54, 1.807) is 38.1 Å². The Balaban J connectivity index is 1.50. The number of thiazole rings is 1. The molecule has 2 fully saturated rings. The van der Waals surface area contributed by atoms with Crippen molar-refractivity contribution < 1.29 is 26.8 Å². The van der Waals surface area contributed by atoms with Gasteiger partial charge in [-0.25, -0.2) is 13.4 Å². The van der Waals surface area contributed by atoms with Crippen LogP contribution in [0.2, 0.25) is 0 Å². The first-order valence-corrected chi connectivity index (χ1v) is 17.1. The maximum absolute atomic E-state index is 13.7. The zero-order chi connectivity index (χ0) is 26.0. The van der Waals surface area contributed by atoms with Gasteiger partial charge in [0.25, 0.3) is 0 Å². The van der Waals surface area contributed by atoms with E-state index in [2.05, 4.69) is 10.3 Å². The average molecular weight is 555 g/mol. The normalized spacial score (nSPS) is 22.6. The van der Waals surface area contributed by atoms with Crippen LogP contribution >= 0.6 is 18.9 Å². The topological polar surface area (TPSA) is 112 Å². The number of anilines is 1. The standard InChI is InChI=1S/C25H35N2O6PS2/c1-4-32-34(29,33-5-2)15-14-20-17-35-24(26-20)27-23(28)25(16-22(25)18-8-6-7-9-18)19-10-12-21(13-11-19)36(3,30)31/h10-13,17-18,22H,4-9,14-16H2,1-3H3,(H,26,27,28). The average Bonchev–Trinajstić information content (AvgIpc) is 3.15. The molecule has 0 aliphatic heterocycles. The molecule has 1 N–H and O–H groups in total. The minimum absolute atomic E-state index is 0.0956. The number of nitrogens with one attached hydrogen (secondary N) is 1. The van der Waals surface area contributed by atoms with E-state index in [4.69, 9.17) is 9.05 Å². The van der Waals surface area contributed by atoms with Gasteiger partial charge in [-0.15, -0.1) is 11.3 Å². The van der Waals surface area contributed by atoms with Crippen LogP contribution in [-0.2, 0) is 40.1 Å². The van der Waals surface area contributed by atoms with Crippen LogP contribution in [0.15, 0.2) is 34.5 Å². The van der Waals surface area contributed by atoms with Gasteiger partial charge in [0.2, 0.25) is 5.91 Å². The van der Waals surface area contributed by atoms with Crippen LogP contribution in [0.5, 0.6) is 0 Å². The summed E-state index contributed by atoms with van der Waals surface area (Å²) in [6.45, 7) is 4.18. The summed E-state index contributed by atoms with van der Waals surface area (Å²) in [6, 6.07) is 6.77. The molecule has 1 aromatic heterocycles. The molecule has 0 radical (unpaired) electrons. The van der Waals surface area contributed by atoms with E-state index < -0.39 is 22.8 Å². The zero-order valence-electron chi connectivity index (χ0n) is 21.1. The van der Waals surface area contributed by atoms with Crippen molar-refractivity contribution in [1.29, 1.82) is 0 Å². The smallest absolute Gasteiger partial charge is 0.309 e. The Morgan fingerprint density at radius 1 is 1.17 bits per heavy atom. The molecular weight excluding hydrogens is 519 g/mol. The van der Waals surface area contributed by atoms with Gasteiger partial charge in [-0.05, 0) is 49.8 Å². The Labute approximate surface area is 217 Å². The number of nitrogens with zero attached hydrogens (tertiary/aromatic N) is 1. The van der Waals surface area contributed by atoms with E-state index in [1.807, 2.05) is 5.38 Å². The van der Waals surface area contributed by atoms with Gasteiger partial charge in [-0.2, -0.15) is 0 Å². The summed E-state index contributed by atoms with van der Waals surface area (Å²) in [7, 11) is -6.47. The molecule has 1 aromatic carbocycles. The predicted molar refractivity (Wildman–Crippen MR) is 141 cm³/mol. The van der Waals surface area contributed by atoms with Crippen LogP contribution in [0.3, 0.4) is 0 Å². The lowest BCUT2D eigenvalue weighted by Gasteiger charge is -2.20. The number of aromatic nitrogens is 1. The highest BCUT2D eigenvalue weighted by Gasteiger charge is 2.63. The first-order valence-electron chi connectivity index (χ1n) is 12.6. The van der Waals surface area contributed by atoms with Crippen molar-refractivity contribution in [2.45, 2.75) is 62.7 Å². The van der Waals surface area contributed by atoms with E-state index in [0.29, 0.717) is 30.7 Å². The van der Waals surface area contributed by atoms with Crippen LogP contribution in [0.4, 0.5) is 5.13 Å². The highest BCUT2D eigenvalue weighted by atomic mass is 32.2. The van der Waals surface area contributed by atoms with Gasteiger partial charge in [-0.3, -0.25) is 9.36 Å². The highest BCUT2D eigenvalue weighted by Crippen LogP contribution is 2.61. The molecule has 0 saturated heterocycles. The van der Waals surface area contributed by atoms with Gasteiger partial charge in [0.05, 0.1) is 35.4 Å². The van der Waals surface area contributed by atoms with E-state index in [-0.39, 0.29) is 22.9 Å². The summed E-state index contributed by atoms with van der Waals surface area (Å²) in [5.74, 6) is 0.650. The van der Waals surface area contributed by atoms with E-state index in [9.17, 15) is 17.8 Å². The fourth-order valence-corrected chi connectivity index (χ4v) is 8.43. The molecule has 0 bridgehead atoms. The van der Waals surface area contributed by atoms with Crippen molar-refractivity contribution in [2.75, 3.05) is 30.9 Å². The fourth-order valence-electron chi connectivity index (χ4n) is 5.44. The second kappa shape index (κ2) is 11.0. The SMILES string of the molecule is CCOP(=O)(CCc1csc(NC(=O)C2(c3ccc(S(C)(=O)=O)cc3)CC2C2CCCC2)n1)OCC. The Morgan fingerprint density at radius 2 is 1.81 bits per heavy atom. The summed E-state index contributed by atoms with van der Waals surface area (Å²) >= 11 is 1.34. The Morgan fingerprint density at radius 3 is 2.39 bits per heavy atom. The molecule has 36 heavy (non-hydrogen) atoms. The Kier molecular flexibility index (Phi) is 8.42. The summed E-state index contributed by atoms with van der Waals surface area (Å²) < 4.78 is 47.3. The number of rotatable bonds is 12. The summed E-state index contributed by atoms with van der Waals surface area (Å²) in [5, 5.41) is 5.38. The molecule has 2 atom stereocenters. The molecule has 0 spiro atoms. The molecule has 198 valence electrons. The van der Waals surface area contributed by atoms with Crippen LogP contribution in [0.25, 0.3) is 0 Å². The minimum atomic E-state index is -3.31. The molecule has 2 saturated carbocycles. The highest BCUT2D eigenvalue weighted by molar-refractivity contribution is 7.90. The summed E-state index contributed by atoms with van der Waals surface area (Å²) in [6.07, 6.45) is 7.23. The fraction of sp³-hybridized carbons (Fsp3) is 0.600. The van der Waals surface area contributed by atoms with Crippen LogP contribution < -0.4 is 5.32 Å².